The van der Waals surface area contributed by atoms with Crippen molar-refractivity contribution in [1.82, 2.24) is 16.0 Å². The largest absolute Gasteiger partial charge is 0.481 e. The van der Waals surface area contributed by atoms with Gasteiger partial charge in [0.2, 0.25) is 17.7 Å². The Morgan fingerprint density at radius 2 is 1.47 bits per heavy atom. The lowest BCUT2D eigenvalue weighted by molar-refractivity contribution is -0.144. The van der Waals surface area contributed by atoms with Crippen LogP contribution < -0.4 is 21.7 Å². The number of hydrogen-bond acceptors (Lipinski definition) is 8. The Morgan fingerprint density at radius 3 is 2.00 bits per heavy atom. The number of carboxylic acid groups (broad SMARTS) is 2. The molecule has 0 aliphatic carbocycles. The van der Waals surface area contributed by atoms with Gasteiger partial charge >= 0.3 is 11.9 Å². The summed E-state index contributed by atoms with van der Waals surface area (Å²) in [6, 6.07) is 3.49. The summed E-state index contributed by atoms with van der Waals surface area (Å²) in [7, 11) is 0. The van der Waals surface area contributed by atoms with E-state index in [1.54, 1.807) is 36.6 Å². The second-order valence-corrected chi connectivity index (χ2v) is 8.37. The normalized spacial score (nSPS) is 14.2. The molecule has 0 aromatic heterocycles. The van der Waals surface area contributed by atoms with E-state index in [-0.39, 0.29) is 12.8 Å². The molecule has 0 heterocycles. The Labute approximate surface area is 200 Å². The van der Waals surface area contributed by atoms with Crippen molar-refractivity contribution in [2.24, 2.45) is 5.73 Å². The number of thioether (sulfide) groups is 1. The summed E-state index contributed by atoms with van der Waals surface area (Å²) in [5, 5.41) is 34.1. The number of amides is 3. The molecule has 12 nitrogen and oxygen atoms in total. The highest BCUT2D eigenvalue weighted by molar-refractivity contribution is 7.98. The Morgan fingerprint density at radius 1 is 0.912 bits per heavy atom. The summed E-state index contributed by atoms with van der Waals surface area (Å²) in [5.74, 6) is -4.98. The van der Waals surface area contributed by atoms with E-state index in [4.69, 9.17) is 15.9 Å². The quantitative estimate of drug-likeness (QED) is 0.146. The maximum atomic E-state index is 12.8. The number of carbonyl (C=O) groups is 5. The fourth-order valence-corrected chi connectivity index (χ4v) is 3.33. The van der Waals surface area contributed by atoms with Crippen molar-refractivity contribution in [3.63, 3.8) is 0 Å². The molecule has 34 heavy (non-hydrogen) atoms. The fourth-order valence-electron chi connectivity index (χ4n) is 2.86. The van der Waals surface area contributed by atoms with Crippen molar-refractivity contribution in [3.8, 4) is 0 Å². The number of hydrogen-bond donors (Lipinski definition) is 7. The van der Waals surface area contributed by atoms with Crippen LogP contribution in [0.15, 0.2) is 30.3 Å². The molecule has 4 atom stereocenters. The molecule has 1 aromatic carbocycles. The number of rotatable bonds is 15. The van der Waals surface area contributed by atoms with Crippen molar-refractivity contribution in [1.29, 1.82) is 0 Å². The molecule has 0 fully saturated rings. The van der Waals surface area contributed by atoms with Crippen LogP contribution in [-0.2, 0) is 30.4 Å². The summed E-state index contributed by atoms with van der Waals surface area (Å²) < 4.78 is 0. The standard InChI is InChI=1S/C21H30N4O8S/c1-34-8-7-14(19(30)25-16(11-26)21(32)33)23-20(31)15(10-17(27)28)24-18(29)13(22)9-12-5-3-2-4-6-12/h2-6,13-16,26H,7-11,22H2,1H3,(H,23,31)(H,24,29)(H,25,30)(H,27,28)(H,32,33). The smallest absolute Gasteiger partial charge is 0.328 e. The highest BCUT2D eigenvalue weighted by atomic mass is 32.2. The summed E-state index contributed by atoms with van der Waals surface area (Å²) in [6.07, 6.45) is 1.25. The minimum atomic E-state index is -1.58. The molecule has 0 aliphatic heterocycles. The second kappa shape index (κ2) is 14.9. The van der Waals surface area contributed by atoms with E-state index in [9.17, 15) is 29.1 Å². The van der Waals surface area contributed by atoms with E-state index in [0.717, 1.165) is 5.56 Å². The van der Waals surface area contributed by atoms with Gasteiger partial charge in [0.05, 0.1) is 19.1 Å². The predicted molar refractivity (Wildman–Crippen MR) is 124 cm³/mol. The predicted octanol–water partition coefficient (Wildman–Crippen LogP) is -1.68. The summed E-state index contributed by atoms with van der Waals surface area (Å²) >= 11 is 1.36. The van der Waals surface area contributed by atoms with Crippen LogP contribution in [0.3, 0.4) is 0 Å². The van der Waals surface area contributed by atoms with Crippen molar-refractivity contribution < 1.29 is 39.3 Å². The monoisotopic (exact) mass is 498 g/mol. The van der Waals surface area contributed by atoms with Crippen LogP contribution >= 0.6 is 11.8 Å². The van der Waals surface area contributed by atoms with Gasteiger partial charge in [0, 0.05) is 0 Å². The highest BCUT2D eigenvalue weighted by Gasteiger charge is 2.31. The Bertz CT molecular complexity index is 854. The van der Waals surface area contributed by atoms with Crippen LogP contribution in [0, 0.1) is 0 Å². The first-order valence-corrected chi connectivity index (χ1v) is 11.7. The van der Waals surface area contributed by atoms with Crippen molar-refractivity contribution in [3.05, 3.63) is 35.9 Å². The van der Waals surface area contributed by atoms with E-state index in [0.29, 0.717) is 5.75 Å². The maximum absolute atomic E-state index is 12.8. The third-order valence-corrected chi connectivity index (χ3v) is 5.33. The van der Waals surface area contributed by atoms with E-state index >= 15 is 0 Å². The molecule has 1 rings (SSSR count). The summed E-state index contributed by atoms with van der Waals surface area (Å²) in [5.41, 5.74) is 6.68. The van der Waals surface area contributed by atoms with Crippen LogP contribution in [-0.4, -0.2) is 87.8 Å². The zero-order valence-electron chi connectivity index (χ0n) is 18.6. The van der Waals surface area contributed by atoms with Crippen molar-refractivity contribution in [2.75, 3.05) is 18.6 Å². The number of carbonyl (C=O) groups excluding carboxylic acids is 3. The maximum Gasteiger partial charge on any atom is 0.328 e. The molecule has 1 aromatic rings. The zero-order valence-corrected chi connectivity index (χ0v) is 19.4. The third-order valence-electron chi connectivity index (χ3n) is 4.69. The van der Waals surface area contributed by atoms with Gasteiger partial charge < -0.3 is 37.0 Å². The van der Waals surface area contributed by atoms with Gasteiger partial charge in [-0.2, -0.15) is 11.8 Å². The Kier molecular flexibility index (Phi) is 12.6. The van der Waals surface area contributed by atoms with Crippen LogP contribution in [0.25, 0.3) is 0 Å². The Balaban J connectivity index is 2.91. The van der Waals surface area contributed by atoms with Crippen LogP contribution in [0.1, 0.15) is 18.4 Å². The van der Waals surface area contributed by atoms with Gasteiger partial charge in [0.15, 0.2) is 0 Å². The SMILES string of the molecule is CSCCC(NC(=O)C(CC(=O)O)NC(=O)C(N)Cc1ccccc1)C(=O)NC(CO)C(=O)O. The van der Waals surface area contributed by atoms with Crippen molar-refractivity contribution >= 4 is 41.4 Å². The van der Waals surface area contributed by atoms with Gasteiger partial charge in [0.1, 0.15) is 18.1 Å². The molecular weight excluding hydrogens is 468 g/mol. The van der Waals surface area contributed by atoms with E-state index in [1.807, 2.05) is 0 Å². The first-order chi connectivity index (χ1) is 16.1. The van der Waals surface area contributed by atoms with Gasteiger partial charge in [-0.05, 0) is 30.4 Å². The van der Waals surface area contributed by atoms with E-state index in [2.05, 4.69) is 16.0 Å². The molecular formula is C21H30N4O8S. The fraction of sp³-hybridized carbons (Fsp3) is 0.476. The lowest BCUT2D eigenvalue weighted by Crippen LogP contribution is -2.58. The molecule has 3 amide bonds. The van der Waals surface area contributed by atoms with Gasteiger partial charge in [-0.1, -0.05) is 30.3 Å². The lowest BCUT2D eigenvalue weighted by atomic mass is 10.0. The molecule has 0 aliphatic rings. The number of aliphatic hydroxyl groups is 1. The first kappa shape index (κ1) is 28.9. The number of aliphatic hydroxyl groups excluding tert-OH is 1. The molecule has 0 spiro atoms. The Hall–Kier alpha value is -3.16. The molecule has 0 saturated heterocycles. The minimum Gasteiger partial charge on any atom is -0.481 e. The summed E-state index contributed by atoms with van der Waals surface area (Å²) in [4.78, 5) is 60.1. The molecule has 0 radical (unpaired) electrons. The number of carboxylic acids is 2. The van der Waals surface area contributed by atoms with E-state index in [1.165, 1.54) is 11.8 Å². The average molecular weight is 499 g/mol. The molecule has 8 N–H and O–H groups in total. The highest BCUT2D eigenvalue weighted by Crippen LogP contribution is 2.05. The van der Waals surface area contributed by atoms with Gasteiger partial charge in [-0.25, -0.2) is 4.79 Å². The lowest BCUT2D eigenvalue weighted by Gasteiger charge is -2.24. The molecule has 13 heteroatoms. The number of benzene rings is 1. The van der Waals surface area contributed by atoms with Gasteiger partial charge in [-0.15, -0.1) is 0 Å². The average Bonchev–Trinajstić information content (AvgIpc) is 2.79. The number of nitrogens with two attached hydrogens (primary N) is 1. The number of aliphatic carboxylic acids is 2. The van der Waals surface area contributed by atoms with Gasteiger partial charge in [0.25, 0.3) is 0 Å². The topological polar surface area (TPSA) is 208 Å². The third kappa shape index (κ3) is 10.2. The van der Waals surface area contributed by atoms with Crippen LogP contribution in [0.5, 0.6) is 0 Å². The second-order valence-electron chi connectivity index (χ2n) is 7.38. The molecule has 0 bridgehead atoms. The summed E-state index contributed by atoms with van der Waals surface area (Å²) in [6.45, 7) is -0.860. The molecule has 188 valence electrons. The molecule has 0 saturated carbocycles. The first-order valence-electron chi connectivity index (χ1n) is 10.3. The minimum absolute atomic E-state index is 0.0950. The molecule has 4 unspecified atom stereocenters. The number of nitrogens with one attached hydrogen (secondary N) is 3. The zero-order chi connectivity index (χ0) is 25.7. The van der Waals surface area contributed by atoms with Crippen LogP contribution in [0.4, 0.5) is 0 Å². The van der Waals surface area contributed by atoms with E-state index < -0.39 is 66.9 Å². The van der Waals surface area contributed by atoms with Crippen molar-refractivity contribution in [2.45, 2.75) is 43.4 Å². The van der Waals surface area contributed by atoms with Gasteiger partial charge in [-0.3, -0.25) is 19.2 Å². The van der Waals surface area contributed by atoms with Crippen LogP contribution in [0.2, 0.25) is 0 Å².